The number of nitrogens with one attached hydrogen (secondary N) is 1. The Morgan fingerprint density at radius 3 is 3.00 bits per heavy atom. The van der Waals surface area contributed by atoms with Crippen LogP contribution in [0.3, 0.4) is 0 Å². The number of ether oxygens (including phenoxy) is 1. The number of hydrogen-bond acceptors (Lipinski definition) is 4. The fraction of sp³-hybridized carbons (Fsp3) is 0.273. The van der Waals surface area contributed by atoms with Gasteiger partial charge in [-0.1, -0.05) is 17.7 Å². The highest BCUT2D eigenvalue weighted by atomic mass is 35.5. The quantitative estimate of drug-likeness (QED) is 0.763. The van der Waals surface area contributed by atoms with Crippen LogP contribution in [-0.4, -0.2) is 24.2 Å². The number of amides is 1. The maximum Gasteiger partial charge on any atom is 0.258 e. The molecule has 0 fully saturated rings. The van der Waals surface area contributed by atoms with Gasteiger partial charge in [0.25, 0.3) is 5.91 Å². The second kappa shape index (κ2) is 6.74. The number of hydrogen-bond donors (Lipinski definition) is 2. The van der Waals surface area contributed by atoms with Gasteiger partial charge < -0.3 is 15.2 Å². The summed E-state index contributed by atoms with van der Waals surface area (Å²) < 4.78 is 5.20. The number of nitrogens with zero attached hydrogens (tertiary/aromatic N) is 1. The number of carbonyl (C=O) groups is 1. The predicted octanol–water partition coefficient (Wildman–Crippen LogP) is 0.851. The molecule has 90 valence electrons. The van der Waals surface area contributed by atoms with Crippen LogP contribution in [0, 0.1) is 11.3 Å². The van der Waals surface area contributed by atoms with E-state index in [1.165, 1.54) is 0 Å². The molecule has 0 aliphatic heterocycles. The predicted molar refractivity (Wildman–Crippen MR) is 61.5 cm³/mol. The van der Waals surface area contributed by atoms with Gasteiger partial charge in [-0.05, 0) is 12.1 Å². The fourth-order valence-electron chi connectivity index (χ4n) is 1.16. The number of rotatable bonds is 5. The minimum absolute atomic E-state index is 0.0649. The second-order valence-electron chi connectivity index (χ2n) is 3.10. The van der Waals surface area contributed by atoms with Crippen molar-refractivity contribution in [1.29, 1.82) is 5.26 Å². The number of benzene rings is 1. The van der Waals surface area contributed by atoms with Crippen molar-refractivity contribution >= 4 is 17.5 Å². The van der Waals surface area contributed by atoms with Gasteiger partial charge in [0.05, 0.1) is 12.7 Å². The van der Waals surface area contributed by atoms with Crippen LogP contribution in [0.25, 0.3) is 0 Å². The minimum Gasteiger partial charge on any atom is -0.483 e. The van der Waals surface area contributed by atoms with E-state index in [4.69, 9.17) is 26.7 Å². The molecule has 1 rings (SSSR count). The maximum atomic E-state index is 11.2. The Bertz CT molecular complexity index is 443. The summed E-state index contributed by atoms with van der Waals surface area (Å²) in [5.74, 6) is -0.0532. The number of carbonyl (C=O) groups excluding carboxylic acids is 1. The summed E-state index contributed by atoms with van der Waals surface area (Å²) in [4.78, 5) is 11.2. The molecule has 6 heteroatoms. The highest BCUT2D eigenvalue weighted by Crippen LogP contribution is 2.26. The molecule has 0 saturated carbocycles. The van der Waals surface area contributed by atoms with Gasteiger partial charge in [-0.25, -0.2) is 0 Å². The summed E-state index contributed by atoms with van der Waals surface area (Å²) in [5, 5.41) is 20.1. The fourth-order valence-corrected chi connectivity index (χ4v) is 1.39. The number of halogens is 1. The van der Waals surface area contributed by atoms with Crippen molar-refractivity contribution in [3.8, 4) is 11.8 Å². The first-order valence-electron chi connectivity index (χ1n) is 4.83. The van der Waals surface area contributed by atoms with Crippen molar-refractivity contribution in [2.75, 3.05) is 13.2 Å². The topological polar surface area (TPSA) is 82.4 Å². The molecule has 2 N–H and O–H groups in total. The number of nitriles is 1. The van der Waals surface area contributed by atoms with E-state index in [1.54, 1.807) is 24.3 Å². The van der Waals surface area contributed by atoms with E-state index < -0.39 is 5.91 Å². The van der Waals surface area contributed by atoms with Gasteiger partial charge >= 0.3 is 0 Å². The molecule has 0 saturated heterocycles. The Labute approximate surface area is 104 Å². The zero-order valence-electron chi connectivity index (χ0n) is 8.94. The SMILES string of the molecule is N#CCNC(=O)COc1cccc(Cl)c1CO. The molecule has 0 unspecified atom stereocenters. The Kier molecular flexibility index (Phi) is 5.27. The number of aliphatic hydroxyl groups excluding tert-OH is 1. The van der Waals surface area contributed by atoms with Gasteiger partial charge in [-0.3, -0.25) is 4.79 Å². The van der Waals surface area contributed by atoms with E-state index in [2.05, 4.69) is 5.32 Å². The molecule has 0 aliphatic rings. The lowest BCUT2D eigenvalue weighted by molar-refractivity contribution is -0.122. The maximum absolute atomic E-state index is 11.2. The second-order valence-corrected chi connectivity index (χ2v) is 3.51. The third-order valence-electron chi connectivity index (χ3n) is 1.96. The molecular weight excluding hydrogens is 244 g/mol. The van der Waals surface area contributed by atoms with Crippen LogP contribution in [0.15, 0.2) is 18.2 Å². The minimum atomic E-state index is -0.407. The Balaban J connectivity index is 2.61. The van der Waals surface area contributed by atoms with Crippen molar-refractivity contribution in [3.05, 3.63) is 28.8 Å². The molecule has 5 nitrogen and oxygen atoms in total. The van der Waals surface area contributed by atoms with Crippen LogP contribution in [0.1, 0.15) is 5.56 Å². The van der Waals surface area contributed by atoms with Crippen molar-refractivity contribution in [2.24, 2.45) is 0 Å². The Morgan fingerprint density at radius 1 is 1.59 bits per heavy atom. The summed E-state index contributed by atoms with van der Waals surface area (Å²) in [7, 11) is 0. The molecule has 0 atom stereocenters. The van der Waals surface area contributed by atoms with Crippen molar-refractivity contribution in [2.45, 2.75) is 6.61 Å². The molecule has 0 aromatic heterocycles. The van der Waals surface area contributed by atoms with Crippen LogP contribution in [0.5, 0.6) is 5.75 Å². The molecular formula is C11H11ClN2O3. The van der Waals surface area contributed by atoms with Crippen molar-refractivity contribution < 1.29 is 14.6 Å². The van der Waals surface area contributed by atoms with Crippen molar-refractivity contribution in [3.63, 3.8) is 0 Å². The van der Waals surface area contributed by atoms with Gasteiger partial charge in [0.2, 0.25) is 0 Å². The monoisotopic (exact) mass is 254 g/mol. The molecule has 17 heavy (non-hydrogen) atoms. The highest BCUT2D eigenvalue weighted by Gasteiger charge is 2.08. The van der Waals surface area contributed by atoms with E-state index in [-0.39, 0.29) is 19.8 Å². The van der Waals surface area contributed by atoms with E-state index in [1.807, 2.05) is 0 Å². The number of aliphatic hydroxyl groups is 1. The van der Waals surface area contributed by atoms with Gasteiger partial charge in [0.1, 0.15) is 12.3 Å². The lowest BCUT2D eigenvalue weighted by Gasteiger charge is -2.10. The van der Waals surface area contributed by atoms with Crippen LogP contribution in [-0.2, 0) is 11.4 Å². The van der Waals surface area contributed by atoms with E-state index in [0.717, 1.165) is 0 Å². The Morgan fingerprint density at radius 2 is 2.35 bits per heavy atom. The summed E-state index contributed by atoms with van der Waals surface area (Å²) >= 11 is 5.84. The van der Waals surface area contributed by atoms with Gasteiger partial charge in [-0.15, -0.1) is 0 Å². The first-order chi connectivity index (χ1) is 8.19. The normalized spacial score (nSPS) is 9.47. The van der Waals surface area contributed by atoms with Gasteiger partial charge in [0, 0.05) is 10.6 Å². The van der Waals surface area contributed by atoms with E-state index in [9.17, 15) is 4.79 Å². The third-order valence-corrected chi connectivity index (χ3v) is 2.31. The summed E-state index contributed by atoms with van der Waals surface area (Å²) in [6.07, 6.45) is 0. The smallest absolute Gasteiger partial charge is 0.258 e. The molecule has 1 amide bonds. The lowest BCUT2D eigenvalue weighted by Crippen LogP contribution is -2.29. The largest absolute Gasteiger partial charge is 0.483 e. The van der Waals surface area contributed by atoms with Crippen LogP contribution < -0.4 is 10.1 Å². The molecule has 0 spiro atoms. The molecule has 1 aromatic carbocycles. The first kappa shape index (κ1) is 13.3. The highest BCUT2D eigenvalue weighted by molar-refractivity contribution is 6.31. The summed E-state index contributed by atoms with van der Waals surface area (Å²) in [6.45, 7) is -0.561. The average molecular weight is 255 g/mol. The summed E-state index contributed by atoms with van der Waals surface area (Å²) in [6, 6.07) is 6.66. The molecule has 1 aromatic rings. The molecule has 0 heterocycles. The van der Waals surface area contributed by atoms with Gasteiger partial charge in [-0.2, -0.15) is 5.26 Å². The standard InChI is InChI=1S/C11H11ClN2O3/c12-9-2-1-3-10(8(9)6-15)17-7-11(16)14-5-4-13/h1-3,15H,5-7H2,(H,14,16). The summed E-state index contributed by atoms with van der Waals surface area (Å²) in [5.41, 5.74) is 0.433. The van der Waals surface area contributed by atoms with Crippen LogP contribution in [0.4, 0.5) is 0 Å². The molecule has 0 radical (unpaired) electrons. The first-order valence-corrected chi connectivity index (χ1v) is 5.21. The zero-order chi connectivity index (χ0) is 12.7. The van der Waals surface area contributed by atoms with Crippen LogP contribution in [0.2, 0.25) is 5.02 Å². The zero-order valence-corrected chi connectivity index (χ0v) is 9.70. The lowest BCUT2D eigenvalue weighted by atomic mass is 10.2. The average Bonchev–Trinajstić information content (AvgIpc) is 2.33. The third kappa shape index (κ3) is 3.94. The molecule has 0 bridgehead atoms. The van der Waals surface area contributed by atoms with Crippen LogP contribution >= 0.6 is 11.6 Å². The van der Waals surface area contributed by atoms with Gasteiger partial charge in [0.15, 0.2) is 6.61 Å². The molecule has 0 aliphatic carbocycles. The Hall–Kier alpha value is -1.77. The van der Waals surface area contributed by atoms with Crippen molar-refractivity contribution in [1.82, 2.24) is 5.32 Å². The van der Waals surface area contributed by atoms with E-state index in [0.29, 0.717) is 16.3 Å². The van der Waals surface area contributed by atoms with E-state index >= 15 is 0 Å².